The van der Waals surface area contributed by atoms with Gasteiger partial charge < -0.3 is 10.2 Å². The molecule has 7 nitrogen and oxygen atoms in total. The summed E-state index contributed by atoms with van der Waals surface area (Å²) >= 11 is 1.38. The van der Waals surface area contributed by atoms with Crippen LogP contribution in [-0.2, 0) is 16.1 Å². The van der Waals surface area contributed by atoms with Crippen molar-refractivity contribution in [2.75, 3.05) is 0 Å². The van der Waals surface area contributed by atoms with Crippen molar-refractivity contribution in [3.8, 4) is 0 Å². The molecule has 4 unspecified atom stereocenters. The van der Waals surface area contributed by atoms with Crippen LogP contribution in [0.3, 0.4) is 0 Å². The van der Waals surface area contributed by atoms with Gasteiger partial charge in [0.2, 0.25) is 0 Å². The number of aromatic nitrogens is 1. The van der Waals surface area contributed by atoms with Crippen LogP contribution < -0.4 is 0 Å². The minimum Gasteiger partial charge on any atom is -0.392 e. The highest BCUT2D eigenvalue weighted by molar-refractivity contribution is 7.09. The fourth-order valence-corrected chi connectivity index (χ4v) is 6.03. The molecule has 1 aromatic heterocycles. The van der Waals surface area contributed by atoms with Crippen molar-refractivity contribution in [2.45, 2.75) is 99.3 Å². The van der Waals surface area contributed by atoms with E-state index >= 15 is 0 Å². The lowest BCUT2D eigenvalue weighted by molar-refractivity contribution is -0.143. The van der Waals surface area contributed by atoms with Gasteiger partial charge in [-0.15, -0.1) is 11.3 Å². The predicted molar refractivity (Wildman–Crippen MR) is 149 cm³/mol. The number of ketones is 2. The fraction of sp³-hybridized carbons (Fsp3) is 0.690. The molecule has 0 saturated heterocycles. The van der Waals surface area contributed by atoms with Gasteiger partial charge in [-0.3, -0.25) is 9.59 Å². The van der Waals surface area contributed by atoms with Crippen molar-refractivity contribution in [3.63, 3.8) is 0 Å². The normalized spacial score (nSPS) is 32.6. The SMILES string of the molecule is C/C1=C/C[C@@H](/C(C)=C/c2csc(CN=O)n2)CC(=O)C[C@H](O)C(C)(C)C(=O)C(C)C(O)C(C)CC(C)C1. The molecule has 1 aliphatic rings. The van der Waals surface area contributed by atoms with E-state index in [1.807, 2.05) is 25.3 Å². The fourth-order valence-electron chi connectivity index (χ4n) is 5.36. The second-order valence-corrected chi connectivity index (χ2v) is 12.6. The number of hydrogen-bond donors (Lipinski definition) is 2. The minimum atomic E-state index is -1.15. The first-order valence-corrected chi connectivity index (χ1v) is 14.1. The third kappa shape index (κ3) is 8.76. The first-order chi connectivity index (χ1) is 17.3. The topological polar surface area (TPSA) is 117 Å². The largest absolute Gasteiger partial charge is 0.392 e. The lowest BCUT2D eigenvalue weighted by Gasteiger charge is -2.35. The van der Waals surface area contributed by atoms with Crippen LogP contribution in [0.25, 0.3) is 6.08 Å². The molecule has 6 atom stereocenters. The van der Waals surface area contributed by atoms with Gasteiger partial charge in [-0.2, -0.15) is 4.91 Å². The van der Waals surface area contributed by atoms with Crippen molar-refractivity contribution in [2.24, 2.45) is 34.3 Å². The Balaban J connectivity index is 2.37. The lowest BCUT2D eigenvalue weighted by Crippen LogP contribution is -2.45. The zero-order valence-corrected chi connectivity index (χ0v) is 24.2. The van der Waals surface area contributed by atoms with Crippen LogP contribution in [0.15, 0.2) is 27.8 Å². The molecule has 2 rings (SSSR count). The Bertz CT molecular complexity index is 1010. The van der Waals surface area contributed by atoms with Gasteiger partial charge in [0.25, 0.3) is 0 Å². The number of carbonyl (C=O) groups excluding carboxylic acids is 2. The van der Waals surface area contributed by atoms with Gasteiger partial charge in [0.1, 0.15) is 23.1 Å². The van der Waals surface area contributed by atoms with Gasteiger partial charge in [0.15, 0.2) is 0 Å². The summed E-state index contributed by atoms with van der Waals surface area (Å²) in [6.07, 6.45) is 4.65. The van der Waals surface area contributed by atoms with Crippen molar-refractivity contribution in [3.05, 3.63) is 38.2 Å². The predicted octanol–water partition coefficient (Wildman–Crippen LogP) is 6.13. The van der Waals surface area contributed by atoms with Crippen LogP contribution >= 0.6 is 11.3 Å². The van der Waals surface area contributed by atoms with Crippen molar-refractivity contribution >= 4 is 29.0 Å². The molecule has 0 radical (unpaired) electrons. The van der Waals surface area contributed by atoms with E-state index in [-0.39, 0.29) is 42.8 Å². The molecule has 0 amide bonds. The highest BCUT2D eigenvalue weighted by atomic mass is 32.1. The summed E-state index contributed by atoms with van der Waals surface area (Å²) in [6.45, 7) is 13.3. The molecule has 8 heteroatoms. The Kier molecular flexibility index (Phi) is 11.5. The molecule has 1 heterocycles. The van der Waals surface area contributed by atoms with E-state index in [9.17, 15) is 24.7 Å². The molecule has 206 valence electrons. The van der Waals surface area contributed by atoms with E-state index in [4.69, 9.17) is 0 Å². The third-order valence-corrected chi connectivity index (χ3v) is 8.71. The Labute approximate surface area is 225 Å². The zero-order chi connectivity index (χ0) is 27.9. The average molecular weight is 533 g/mol. The molecule has 0 aliphatic heterocycles. The molecule has 0 saturated carbocycles. The van der Waals surface area contributed by atoms with E-state index in [2.05, 4.69) is 30.1 Å². The molecular formula is C29H44N2O5S. The van der Waals surface area contributed by atoms with Crippen molar-refractivity contribution < 1.29 is 19.8 Å². The summed E-state index contributed by atoms with van der Waals surface area (Å²) in [5.41, 5.74) is 1.81. The highest BCUT2D eigenvalue weighted by Gasteiger charge is 2.42. The van der Waals surface area contributed by atoms with E-state index in [1.54, 1.807) is 20.8 Å². The number of Topliss-reactive ketones (excluding diaryl/α,β-unsaturated/α-hetero) is 2. The number of aliphatic hydroxyl groups is 2. The molecular weight excluding hydrogens is 488 g/mol. The number of allylic oxidation sites excluding steroid dienone is 3. The van der Waals surface area contributed by atoms with Crippen LogP contribution in [0.5, 0.6) is 0 Å². The second-order valence-electron chi connectivity index (χ2n) is 11.7. The molecule has 0 spiro atoms. The van der Waals surface area contributed by atoms with Crippen molar-refractivity contribution in [1.29, 1.82) is 0 Å². The molecule has 0 bridgehead atoms. The quantitative estimate of drug-likeness (QED) is 0.356. The maximum absolute atomic E-state index is 13.3. The van der Waals surface area contributed by atoms with Gasteiger partial charge >= 0.3 is 0 Å². The maximum Gasteiger partial charge on any atom is 0.146 e. The van der Waals surface area contributed by atoms with Crippen LogP contribution in [-0.4, -0.2) is 39.0 Å². The summed E-state index contributed by atoms with van der Waals surface area (Å²) in [6, 6.07) is 0. The van der Waals surface area contributed by atoms with Gasteiger partial charge in [0, 0.05) is 24.1 Å². The molecule has 2 N–H and O–H groups in total. The van der Waals surface area contributed by atoms with Crippen LogP contribution in [0, 0.1) is 34.0 Å². The first kappa shape index (κ1) is 31.2. The molecule has 1 aliphatic carbocycles. The van der Waals surface area contributed by atoms with Crippen molar-refractivity contribution in [1.82, 2.24) is 4.98 Å². The summed E-state index contributed by atoms with van der Waals surface area (Å²) in [7, 11) is 0. The number of nitrogens with zero attached hydrogens (tertiary/aromatic N) is 2. The minimum absolute atomic E-state index is 0.0419. The zero-order valence-electron chi connectivity index (χ0n) is 23.4. The molecule has 1 aromatic rings. The standard InChI is InChI=1S/C29H44N2O5S/c1-17-8-9-22(19(3)12-23-16-37-26(31-23)15-30-36)13-24(32)14-25(33)29(6,7)28(35)21(5)27(34)20(4)11-18(2)10-17/h8,12,16,18,20-22,25,27,33-34H,9-11,13-15H2,1-7H3/b17-8-,19-12+/t18?,20?,21?,22-,25+,27?/m1/s1. The summed E-state index contributed by atoms with van der Waals surface area (Å²) < 4.78 is 0. The summed E-state index contributed by atoms with van der Waals surface area (Å²) in [4.78, 5) is 41.4. The van der Waals surface area contributed by atoms with Gasteiger partial charge in [-0.05, 0) is 56.9 Å². The van der Waals surface area contributed by atoms with Crippen LogP contribution in [0.1, 0.15) is 91.3 Å². The molecule has 0 aromatic carbocycles. The van der Waals surface area contributed by atoms with Crippen LogP contribution in [0.2, 0.25) is 0 Å². The second kappa shape index (κ2) is 13.7. The number of nitroso groups, excluding NO2 is 1. The smallest absolute Gasteiger partial charge is 0.146 e. The Morgan fingerprint density at radius 3 is 2.51 bits per heavy atom. The number of carbonyl (C=O) groups is 2. The molecule has 37 heavy (non-hydrogen) atoms. The van der Waals surface area contributed by atoms with E-state index < -0.39 is 23.5 Å². The number of thiazole rings is 1. The van der Waals surface area contributed by atoms with Gasteiger partial charge in [0.05, 0.1) is 23.3 Å². The third-order valence-electron chi connectivity index (χ3n) is 7.86. The van der Waals surface area contributed by atoms with E-state index in [0.717, 1.165) is 24.1 Å². The number of aliphatic hydroxyl groups excluding tert-OH is 2. The molecule has 0 fully saturated rings. The lowest BCUT2D eigenvalue weighted by atomic mass is 9.71. The van der Waals surface area contributed by atoms with Crippen LogP contribution in [0.4, 0.5) is 0 Å². The van der Waals surface area contributed by atoms with E-state index in [0.29, 0.717) is 17.3 Å². The van der Waals surface area contributed by atoms with E-state index in [1.165, 1.54) is 16.9 Å². The Morgan fingerprint density at radius 1 is 1.19 bits per heavy atom. The monoisotopic (exact) mass is 532 g/mol. The maximum atomic E-state index is 13.3. The number of hydrogen-bond acceptors (Lipinski definition) is 8. The number of rotatable bonds is 4. The summed E-state index contributed by atoms with van der Waals surface area (Å²) in [5.74, 6) is -0.790. The highest BCUT2D eigenvalue weighted by Crippen LogP contribution is 2.34. The summed E-state index contributed by atoms with van der Waals surface area (Å²) in [5, 5.41) is 27.3. The Morgan fingerprint density at radius 2 is 1.86 bits per heavy atom. The Hall–Kier alpha value is -2.03. The first-order valence-electron chi connectivity index (χ1n) is 13.3. The van der Waals surface area contributed by atoms with Gasteiger partial charge in [-0.25, -0.2) is 4.98 Å². The van der Waals surface area contributed by atoms with Gasteiger partial charge in [-0.1, -0.05) is 57.0 Å². The average Bonchev–Trinajstić information content (AvgIpc) is 3.26.